The molecule has 0 saturated carbocycles. The molecule has 0 N–H and O–H groups in total. The maximum absolute atomic E-state index is 10.7. The molecule has 0 spiro atoms. The summed E-state index contributed by atoms with van der Waals surface area (Å²) < 4.78 is 9.84. The van der Waals surface area contributed by atoms with Gasteiger partial charge in [0.25, 0.3) is 0 Å². The zero-order chi connectivity index (χ0) is 9.26. The minimum absolute atomic E-state index is 0. The van der Waals surface area contributed by atoms with Crippen molar-refractivity contribution in [2.45, 2.75) is 7.43 Å². The molecule has 1 aromatic heterocycles. The van der Waals surface area contributed by atoms with Gasteiger partial charge in [-0.05, 0) is 18.2 Å². The Kier molecular flexibility index (Phi) is 2.86. The van der Waals surface area contributed by atoms with Crippen LogP contribution in [0.25, 0.3) is 11.0 Å². The SMILES string of the molecule is C.COc1ccc2oc(=O)ncc2c1. The van der Waals surface area contributed by atoms with Crippen molar-refractivity contribution in [3.05, 3.63) is 34.9 Å². The van der Waals surface area contributed by atoms with Crippen LogP contribution >= 0.6 is 0 Å². The maximum Gasteiger partial charge on any atom is 0.439 e. The van der Waals surface area contributed by atoms with E-state index in [1.54, 1.807) is 25.3 Å². The number of hydrogen-bond donors (Lipinski definition) is 0. The molecule has 0 fully saturated rings. The number of rotatable bonds is 1. The number of aromatic nitrogens is 1. The lowest BCUT2D eigenvalue weighted by atomic mass is 10.2. The van der Waals surface area contributed by atoms with Gasteiger partial charge < -0.3 is 9.15 Å². The van der Waals surface area contributed by atoms with E-state index in [0.717, 1.165) is 5.39 Å². The predicted octanol–water partition coefficient (Wildman–Crippen LogP) is 1.83. The van der Waals surface area contributed by atoms with Gasteiger partial charge >= 0.3 is 5.76 Å². The Hall–Kier alpha value is -1.84. The summed E-state index contributed by atoms with van der Waals surface area (Å²) in [4.78, 5) is 14.2. The van der Waals surface area contributed by atoms with Gasteiger partial charge in [0.1, 0.15) is 11.3 Å². The average molecular weight is 193 g/mol. The molecule has 2 rings (SSSR count). The quantitative estimate of drug-likeness (QED) is 0.693. The molecule has 4 nitrogen and oxygen atoms in total. The average Bonchev–Trinajstić information content (AvgIpc) is 2.17. The highest BCUT2D eigenvalue weighted by molar-refractivity contribution is 5.76. The zero-order valence-electron chi connectivity index (χ0n) is 6.98. The fraction of sp³-hybridized carbons (Fsp3) is 0.200. The van der Waals surface area contributed by atoms with Crippen molar-refractivity contribution in [1.82, 2.24) is 4.98 Å². The first-order valence-electron chi connectivity index (χ1n) is 3.73. The van der Waals surface area contributed by atoms with Crippen LogP contribution in [0.4, 0.5) is 0 Å². The van der Waals surface area contributed by atoms with Gasteiger partial charge in [0, 0.05) is 11.6 Å². The van der Waals surface area contributed by atoms with E-state index >= 15 is 0 Å². The van der Waals surface area contributed by atoms with Gasteiger partial charge in [0.2, 0.25) is 0 Å². The third kappa shape index (κ3) is 1.74. The monoisotopic (exact) mass is 193 g/mol. The second-order valence-corrected chi connectivity index (χ2v) is 2.53. The van der Waals surface area contributed by atoms with E-state index in [1.807, 2.05) is 0 Å². The van der Waals surface area contributed by atoms with Gasteiger partial charge in [-0.3, -0.25) is 0 Å². The van der Waals surface area contributed by atoms with Crippen LogP contribution in [0.1, 0.15) is 7.43 Å². The molecule has 0 unspecified atom stereocenters. The molecular weight excluding hydrogens is 182 g/mol. The summed E-state index contributed by atoms with van der Waals surface area (Å²) in [6, 6.07) is 5.16. The molecule has 0 radical (unpaired) electrons. The number of nitrogens with zero attached hydrogens (tertiary/aromatic N) is 1. The van der Waals surface area contributed by atoms with E-state index in [-0.39, 0.29) is 7.43 Å². The highest BCUT2D eigenvalue weighted by Gasteiger charge is 1.98. The number of benzene rings is 1. The Bertz CT molecular complexity index is 490. The minimum atomic E-state index is -0.585. The van der Waals surface area contributed by atoms with E-state index in [4.69, 9.17) is 9.15 Å². The van der Waals surface area contributed by atoms with Crippen molar-refractivity contribution in [3.63, 3.8) is 0 Å². The first-order chi connectivity index (χ1) is 6.29. The Morgan fingerprint density at radius 1 is 1.43 bits per heavy atom. The molecule has 0 amide bonds. The Morgan fingerprint density at radius 2 is 2.21 bits per heavy atom. The molecule has 0 aliphatic heterocycles. The molecule has 0 aliphatic rings. The summed E-state index contributed by atoms with van der Waals surface area (Å²) in [5.74, 6) is 0.126. The molecule has 1 heterocycles. The largest absolute Gasteiger partial charge is 0.497 e. The molecule has 74 valence electrons. The smallest absolute Gasteiger partial charge is 0.439 e. The lowest BCUT2D eigenvalue weighted by Gasteiger charge is -1.99. The standard InChI is InChI=1S/C9H7NO3.CH4/c1-12-7-2-3-8-6(4-7)5-10-9(11)13-8;/h2-5H,1H3;1H4. The Morgan fingerprint density at radius 3 is 2.93 bits per heavy atom. The van der Waals surface area contributed by atoms with E-state index in [0.29, 0.717) is 11.3 Å². The summed E-state index contributed by atoms with van der Waals surface area (Å²) in [6.45, 7) is 0. The number of hydrogen-bond acceptors (Lipinski definition) is 4. The summed E-state index contributed by atoms with van der Waals surface area (Å²) in [7, 11) is 1.58. The Labute approximate surface area is 81.1 Å². The number of ether oxygens (including phenoxy) is 1. The Balaban J connectivity index is 0.000000980. The van der Waals surface area contributed by atoms with Crippen molar-refractivity contribution >= 4 is 11.0 Å². The highest BCUT2D eigenvalue weighted by atomic mass is 16.5. The van der Waals surface area contributed by atoms with Gasteiger partial charge in [-0.2, -0.15) is 4.98 Å². The van der Waals surface area contributed by atoms with Gasteiger partial charge in [0.05, 0.1) is 7.11 Å². The number of fused-ring (bicyclic) bond motifs is 1. The third-order valence-corrected chi connectivity index (χ3v) is 1.72. The summed E-state index contributed by atoms with van der Waals surface area (Å²) in [5, 5.41) is 0.749. The van der Waals surface area contributed by atoms with E-state index in [9.17, 15) is 4.79 Å². The molecule has 2 aromatic rings. The minimum Gasteiger partial charge on any atom is -0.497 e. The second-order valence-electron chi connectivity index (χ2n) is 2.53. The topological polar surface area (TPSA) is 52.3 Å². The lowest BCUT2D eigenvalue weighted by molar-refractivity contribution is 0.415. The van der Waals surface area contributed by atoms with Gasteiger partial charge in [-0.15, -0.1) is 0 Å². The van der Waals surface area contributed by atoms with Crippen LogP contribution in [0.15, 0.2) is 33.6 Å². The van der Waals surface area contributed by atoms with Gasteiger partial charge in [-0.1, -0.05) is 7.43 Å². The molecule has 0 bridgehead atoms. The van der Waals surface area contributed by atoms with Crippen LogP contribution in [0.5, 0.6) is 5.75 Å². The second kappa shape index (κ2) is 3.91. The van der Waals surface area contributed by atoms with Crippen LogP contribution in [0.3, 0.4) is 0 Å². The molecule has 0 saturated heterocycles. The molecular formula is C10H11NO3. The highest BCUT2D eigenvalue weighted by Crippen LogP contribution is 2.17. The van der Waals surface area contributed by atoms with E-state index in [2.05, 4.69) is 4.98 Å². The normalized spacial score (nSPS) is 9.50. The molecule has 4 heteroatoms. The van der Waals surface area contributed by atoms with Crippen LogP contribution in [-0.4, -0.2) is 12.1 Å². The van der Waals surface area contributed by atoms with Crippen molar-refractivity contribution in [2.75, 3.05) is 7.11 Å². The van der Waals surface area contributed by atoms with Crippen LogP contribution in [-0.2, 0) is 0 Å². The van der Waals surface area contributed by atoms with Gasteiger partial charge in [0.15, 0.2) is 0 Å². The summed E-state index contributed by atoms with van der Waals surface area (Å²) in [5.41, 5.74) is 0.515. The van der Waals surface area contributed by atoms with Crippen LogP contribution in [0, 0.1) is 0 Å². The van der Waals surface area contributed by atoms with Crippen LogP contribution in [0.2, 0.25) is 0 Å². The van der Waals surface area contributed by atoms with Crippen molar-refractivity contribution in [2.24, 2.45) is 0 Å². The lowest BCUT2D eigenvalue weighted by Crippen LogP contribution is -2.01. The zero-order valence-corrected chi connectivity index (χ0v) is 6.98. The van der Waals surface area contributed by atoms with E-state index in [1.165, 1.54) is 6.20 Å². The fourth-order valence-corrected chi connectivity index (χ4v) is 1.09. The first kappa shape index (κ1) is 10.2. The van der Waals surface area contributed by atoms with Crippen molar-refractivity contribution < 1.29 is 9.15 Å². The van der Waals surface area contributed by atoms with E-state index < -0.39 is 5.76 Å². The molecule has 0 aliphatic carbocycles. The summed E-state index contributed by atoms with van der Waals surface area (Å²) >= 11 is 0. The van der Waals surface area contributed by atoms with Gasteiger partial charge in [-0.25, -0.2) is 4.79 Å². The summed E-state index contributed by atoms with van der Waals surface area (Å²) in [6.07, 6.45) is 1.46. The van der Waals surface area contributed by atoms with Crippen molar-refractivity contribution in [1.29, 1.82) is 0 Å². The first-order valence-corrected chi connectivity index (χ1v) is 3.73. The van der Waals surface area contributed by atoms with Crippen molar-refractivity contribution in [3.8, 4) is 5.75 Å². The molecule has 1 aromatic carbocycles. The number of methoxy groups -OCH3 is 1. The predicted molar refractivity (Wildman–Crippen MR) is 53.6 cm³/mol. The van der Waals surface area contributed by atoms with Crippen LogP contribution < -0.4 is 10.5 Å². The molecule has 14 heavy (non-hydrogen) atoms. The molecule has 0 atom stereocenters. The third-order valence-electron chi connectivity index (χ3n) is 1.72. The maximum atomic E-state index is 10.7. The fourth-order valence-electron chi connectivity index (χ4n) is 1.09.